The first kappa shape index (κ1) is 11.2. The molecule has 1 unspecified atom stereocenters. The summed E-state index contributed by atoms with van der Waals surface area (Å²) in [6.07, 6.45) is 5.52. The van der Waals surface area contributed by atoms with Gasteiger partial charge in [0.25, 0.3) is 0 Å². The molecule has 1 rings (SSSR count). The number of carbonyl (C=O) groups is 1. The Hall–Kier alpha value is -0.840. The van der Waals surface area contributed by atoms with Crippen LogP contribution in [0.3, 0.4) is 0 Å². The van der Waals surface area contributed by atoms with E-state index in [4.69, 9.17) is 5.26 Å². The zero-order valence-electron chi connectivity index (χ0n) is 9.12. The van der Waals surface area contributed by atoms with E-state index in [9.17, 15) is 4.79 Å². The van der Waals surface area contributed by atoms with E-state index in [1.54, 1.807) is 0 Å². The van der Waals surface area contributed by atoms with Gasteiger partial charge in [0, 0.05) is 6.42 Å². The molecular formula is C12H19NO. The van der Waals surface area contributed by atoms with Crippen LogP contribution in [0.4, 0.5) is 0 Å². The lowest BCUT2D eigenvalue weighted by atomic mass is 9.87. The topological polar surface area (TPSA) is 40.9 Å². The van der Waals surface area contributed by atoms with Gasteiger partial charge in [0.15, 0.2) is 5.78 Å². The molecule has 0 aromatic rings. The molecule has 0 aromatic carbocycles. The first-order chi connectivity index (χ1) is 6.65. The average Bonchev–Trinajstić information content (AvgIpc) is 2.57. The van der Waals surface area contributed by atoms with Crippen LogP contribution < -0.4 is 0 Å². The average molecular weight is 193 g/mol. The van der Waals surface area contributed by atoms with E-state index in [2.05, 4.69) is 6.07 Å². The first-order valence-electron chi connectivity index (χ1n) is 5.57. The largest absolute Gasteiger partial charge is 0.298 e. The SMILES string of the molecule is CC(C)C(C#N)C(=O)CC1CCCC1. The number of ketones is 1. The molecule has 0 heterocycles. The summed E-state index contributed by atoms with van der Waals surface area (Å²) in [6, 6.07) is 2.13. The quantitative estimate of drug-likeness (QED) is 0.688. The lowest BCUT2D eigenvalue weighted by Crippen LogP contribution is -2.20. The Kier molecular flexibility index (Phi) is 4.13. The Morgan fingerprint density at radius 3 is 2.43 bits per heavy atom. The van der Waals surface area contributed by atoms with E-state index in [1.807, 2.05) is 13.8 Å². The van der Waals surface area contributed by atoms with Gasteiger partial charge < -0.3 is 0 Å². The number of carbonyl (C=O) groups excluding carboxylic acids is 1. The predicted molar refractivity (Wildman–Crippen MR) is 55.5 cm³/mol. The minimum Gasteiger partial charge on any atom is -0.298 e. The van der Waals surface area contributed by atoms with Gasteiger partial charge in [-0.15, -0.1) is 0 Å². The summed E-state index contributed by atoms with van der Waals surface area (Å²) in [7, 11) is 0. The highest BCUT2D eigenvalue weighted by Gasteiger charge is 2.25. The van der Waals surface area contributed by atoms with Gasteiger partial charge in [-0.1, -0.05) is 39.5 Å². The van der Waals surface area contributed by atoms with E-state index in [0.29, 0.717) is 12.3 Å². The predicted octanol–water partition coefficient (Wildman–Crippen LogP) is 2.93. The fourth-order valence-corrected chi connectivity index (χ4v) is 2.22. The van der Waals surface area contributed by atoms with Crippen LogP contribution in [-0.2, 0) is 4.79 Å². The van der Waals surface area contributed by atoms with Gasteiger partial charge in [-0.25, -0.2) is 0 Å². The molecule has 0 spiro atoms. The van der Waals surface area contributed by atoms with E-state index >= 15 is 0 Å². The molecule has 0 amide bonds. The van der Waals surface area contributed by atoms with Crippen molar-refractivity contribution in [3.8, 4) is 6.07 Å². The maximum atomic E-state index is 11.7. The van der Waals surface area contributed by atoms with Crippen molar-refractivity contribution in [3.05, 3.63) is 0 Å². The van der Waals surface area contributed by atoms with Crippen molar-refractivity contribution in [1.29, 1.82) is 5.26 Å². The first-order valence-corrected chi connectivity index (χ1v) is 5.57. The van der Waals surface area contributed by atoms with E-state index in [-0.39, 0.29) is 17.6 Å². The van der Waals surface area contributed by atoms with E-state index < -0.39 is 0 Å². The number of Topliss-reactive ketones (excluding diaryl/α,β-unsaturated/α-hetero) is 1. The molecule has 0 N–H and O–H groups in total. The van der Waals surface area contributed by atoms with Crippen LogP contribution in [0.25, 0.3) is 0 Å². The summed E-state index contributed by atoms with van der Waals surface area (Å²) < 4.78 is 0. The number of nitriles is 1. The summed E-state index contributed by atoms with van der Waals surface area (Å²) in [5, 5.41) is 8.87. The normalized spacial score (nSPS) is 19.6. The summed E-state index contributed by atoms with van der Waals surface area (Å²) in [6.45, 7) is 3.89. The number of rotatable bonds is 4. The van der Waals surface area contributed by atoms with Crippen molar-refractivity contribution in [2.45, 2.75) is 46.0 Å². The molecule has 1 fully saturated rings. The lowest BCUT2D eigenvalue weighted by Gasteiger charge is -2.14. The van der Waals surface area contributed by atoms with Crippen LogP contribution in [-0.4, -0.2) is 5.78 Å². The van der Waals surface area contributed by atoms with Gasteiger partial charge in [-0.3, -0.25) is 4.79 Å². The molecular weight excluding hydrogens is 174 g/mol. The molecule has 14 heavy (non-hydrogen) atoms. The molecule has 2 heteroatoms. The van der Waals surface area contributed by atoms with Crippen LogP contribution >= 0.6 is 0 Å². The highest BCUT2D eigenvalue weighted by molar-refractivity contribution is 5.83. The van der Waals surface area contributed by atoms with Gasteiger partial charge in [-0.2, -0.15) is 5.26 Å². The van der Waals surface area contributed by atoms with Crippen molar-refractivity contribution >= 4 is 5.78 Å². The van der Waals surface area contributed by atoms with Crippen molar-refractivity contribution in [3.63, 3.8) is 0 Å². The van der Waals surface area contributed by atoms with Crippen LogP contribution in [0.1, 0.15) is 46.0 Å². The highest BCUT2D eigenvalue weighted by atomic mass is 16.1. The molecule has 2 nitrogen and oxygen atoms in total. The molecule has 0 aliphatic heterocycles. The molecule has 0 saturated heterocycles. The van der Waals surface area contributed by atoms with E-state index in [1.165, 1.54) is 25.7 Å². The molecule has 78 valence electrons. The molecule has 1 atom stereocenters. The Balaban J connectivity index is 2.43. The fourth-order valence-electron chi connectivity index (χ4n) is 2.22. The van der Waals surface area contributed by atoms with Crippen molar-refractivity contribution < 1.29 is 4.79 Å². The Morgan fingerprint density at radius 2 is 2.00 bits per heavy atom. The third kappa shape index (κ3) is 2.83. The minimum atomic E-state index is -0.379. The van der Waals surface area contributed by atoms with Gasteiger partial charge in [0.05, 0.1) is 6.07 Å². The van der Waals surface area contributed by atoms with Crippen molar-refractivity contribution in [1.82, 2.24) is 0 Å². The second-order valence-electron chi connectivity index (χ2n) is 4.67. The third-order valence-electron chi connectivity index (χ3n) is 3.12. The second kappa shape index (κ2) is 5.14. The standard InChI is InChI=1S/C12H19NO/c1-9(2)11(8-13)12(14)7-10-5-3-4-6-10/h9-11H,3-7H2,1-2H3. The van der Waals surface area contributed by atoms with Crippen LogP contribution in [0, 0.1) is 29.1 Å². The highest BCUT2D eigenvalue weighted by Crippen LogP contribution is 2.29. The van der Waals surface area contributed by atoms with Crippen LogP contribution in [0.15, 0.2) is 0 Å². The van der Waals surface area contributed by atoms with Crippen molar-refractivity contribution in [2.24, 2.45) is 17.8 Å². The van der Waals surface area contributed by atoms with Gasteiger partial charge in [0.2, 0.25) is 0 Å². The van der Waals surface area contributed by atoms with E-state index in [0.717, 1.165) is 0 Å². The third-order valence-corrected chi connectivity index (χ3v) is 3.12. The summed E-state index contributed by atoms with van der Waals surface area (Å²) >= 11 is 0. The zero-order chi connectivity index (χ0) is 10.6. The zero-order valence-corrected chi connectivity index (χ0v) is 9.12. The van der Waals surface area contributed by atoms with Crippen LogP contribution in [0.5, 0.6) is 0 Å². The van der Waals surface area contributed by atoms with Gasteiger partial charge >= 0.3 is 0 Å². The Bertz CT molecular complexity index is 233. The van der Waals surface area contributed by atoms with Gasteiger partial charge in [-0.05, 0) is 11.8 Å². The fraction of sp³-hybridized carbons (Fsp3) is 0.833. The van der Waals surface area contributed by atoms with Crippen molar-refractivity contribution in [2.75, 3.05) is 0 Å². The number of hydrogen-bond acceptors (Lipinski definition) is 2. The molecule has 1 aliphatic rings. The summed E-state index contributed by atoms with van der Waals surface area (Å²) in [4.78, 5) is 11.7. The molecule has 1 aliphatic carbocycles. The molecule has 0 aromatic heterocycles. The Morgan fingerprint density at radius 1 is 1.43 bits per heavy atom. The summed E-state index contributed by atoms with van der Waals surface area (Å²) in [5.41, 5.74) is 0. The van der Waals surface area contributed by atoms with Gasteiger partial charge in [0.1, 0.15) is 5.92 Å². The smallest absolute Gasteiger partial charge is 0.150 e. The molecule has 0 radical (unpaired) electrons. The number of nitrogens with zero attached hydrogens (tertiary/aromatic N) is 1. The maximum Gasteiger partial charge on any atom is 0.150 e. The summed E-state index contributed by atoms with van der Waals surface area (Å²) in [5.74, 6) is 0.510. The second-order valence-corrected chi connectivity index (χ2v) is 4.67. The minimum absolute atomic E-state index is 0.161. The molecule has 1 saturated carbocycles. The number of hydrogen-bond donors (Lipinski definition) is 0. The van der Waals surface area contributed by atoms with Crippen LogP contribution in [0.2, 0.25) is 0 Å². The lowest BCUT2D eigenvalue weighted by molar-refractivity contribution is -0.123. The molecule has 0 bridgehead atoms. The maximum absolute atomic E-state index is 11.7. The monoisotopic (exact) mass is 193 g/mol. The Labute approximate surface area is 86.3 Å².